The van der Waals surface area contributed by atoms with Crippen LogP contribution in [0, 0.1) is 0 Å². The Morgan fingerprint density at radius 1 is 1.10 bits per heavy atom. The van der Waals surface area contributed by atoms with Crippen LogP contribution in [0.25, 0.3) is 10.8 Å². The van der Waals surface area contributed by atoms with Gasteiger partial charge in [-0.15, -0.1) is 10.2 Å². The Labute approximate surface area is 130 Å². The van der Waals surface area contributed by atoms with Crippen molar-refractivity contribution in [2.24, 2.45) is 0 Å². The number of nitrogens with zero attached hydrogens (tertiary/aromatic N) is 4. The van der Waals surface area contributed by atoms with Crippen LogP contribution in [0.3, 0.4) is 0 Å². The molecule has 1 heterocycles. The van der Waals surface area contributed by atoms with Gasteiger partial charge in [-0.2, -0.15) is 0 Å². The van der Waals surface area contributed by atoms with Gasteiger partial charge in [0.15, 0.2) is 11.0 Å². The largest absolute Gasteiger partial charge is 0.356 e. The molecule has 21 heavy (non-hydrogen) atoms. The molecule has 3 rings (SSSR count). The molecule has 5 heteroatoms. The third-order valence-electron chi connectivity index (χ3n) is 4.75. The lowest BCUT2D eigenvalue weighted by atomic mass is 9.75. The van der Waals surface area contributed by atoms with Crippen molar-refractivity contribution in [3.63, 3.8) is 0 Å². The summed E-state index contributed by atoms with van der Waals surface area (Å²) >= 11 is 6.16. The van der Waals surface area contributed by atoms with Crippen molar-refractivity contribution >= 4 is 28.2 Å². The maximum absolute atomic E-state index is 6.16. The molecule has 1 aromatic carbocycles. The molecule has 112 valence electrons. The summed E-state index contributed by atoms with van der Waals surface area (Å²) in [5.41, 5.74) is 0.261. The predicted molar refractivity (Wildman–Crippen MR) is 88.1 cm³/mol. The van der Waals surface area contributed by atoms with E-state index in [0.29, 0.717) is 5.15 Å². The Morgan fingerprint density at radius 2 is 1.76 bits per heavy atom. The van der Waals surface area contributed by atoms with Gasteiger partial charge in [0.25, 0.3) is 0 Å². The molecule has 0 bridgehead atoms. The second kappa shape index (κ2) is 5.43. The zero-order valence-electron chi connectivity index (χ0n) is 12.8. The van der Waals surface area contributed by atoms with Crippen molar-refractivity contribution < 1.29 is 0 Å². The molecule has 4 nitrogen and oxygen atoms in total. The molecule has 0 atom stereocenters. The molecule has 1 aliphatic carbocycles. The van der Waals surface area contributed by atoms with Gasteiger partial charge in [-0.1, -0.05) is 35.9 Å². The molecule has 0 radical (unpaired) electrons. The topological polar surface area (TPSA) is 32.3 Å². The fourth-order valence-corrected chi connectivity index (χ4v) is 3.39. The van der Waals surface area contributed by atoms with E-state index in [1.54, 1.807) is 0 Å². The van der Waals surface area contributed by atoms with Gasteiger partial charge in [0.1, 0.15) is 0 Å². The van der Waals surface area contributed by atoms with Gasteiger partial charge in [-0.3, -0.25) is 0 Å². The number of hydrogen-bond donors (Lipinski definition) is 0. The average Bonchev–Trinajstić information content (AvgIpc) is 2.43. The summed E-state index contributed by atoms with van der Waals surface area (Å²) in [5, 5.41) is 10.9. The summed E-state index contributed by atoms with van der Waals surface area (Å²) in [7, 11) is 6.42. The van der Waals surface area contributed by atoms with Gasteiger partial charge in [-0.05, 0) is 33.4 Å². The fourth-order valence-electron chi connectivity index (χ4n) is 3.19. The van der Waals surface area contributed by atoms with E-state index in [0.717, 1.165) is 23.1 Å². The van der Waals surface area contributed by atoms with Gasteiger partial charge in [0.05, 0.1) is 0 Å². The second-order valence-corrected chi connectivity index (χ2v) is 6.55. The summed E-state index contributed by atoms with van der Waals surface area (Å²) in [5.74, 6) is 0.906. The molecule has 1 aromatic heterocycles. The van der Waals surface area contributed by atoms with Gasteiger partial charge in [-0.25, -0.2) is 0 Å². The van der Waals surface area contributed by atoms with Crippen LogP contribution in [-0.2, 0) is 0 Å². The number of halogens is 1. The van der Waals surface area contributed by atoms with Gasteiger partial charge >= 0.3 is 0 Å². The third kappa shape index (κ3) is 2.47. The van der Waals surface area contributed by atoms with Crippen molar-refractivity contribution in [2.45, 2.75) is 24.8 Å². The van der Waals surface area contributed by atoms with Crippen LogP contribution >= 0.6 is 11.6 Å². The first kappa shape index (κ1) is 14.5. The Morgan fingerprint density at radius 3 is 2.33 bits per heavy atom. The number of anilines is 1. The average molecular weight is 305 g/mol. The van der Waals surface area contributed by atoms with Crippen molar-refractivity contribution in [3.05, 3.63) is 29.4 Å². The molecule has 0 saturated heterocycles. The highest BCUT2D eigenvalue weighted by Gasteiger charge is 2.40. The van der Waals surface area contributed by atoms with Crippen LogP contribution in [0.2, 0.25) is 5.15 Å². The summed E-state index contributed by atoms with van der Waals surface area (Å²) in [6, 6.07) is 8.05. The molecule has 0 unspecified atom stereocenters. The molecule has 0 amide bonds. The van der Waals surface area contributed by atoms with Crippen LogP contribution in [0.5, 0.6) is 0 Å². The van der Waals surface area contributed by atoms with Gasteiger partial charge < -0.3 is 9.80 Å². The van der Waals surface area contributed by atoms with Crippen molar-refractivity contribution in [3.8, 4) is 0 Å². The molecule has 0 spiro atoms. The highest BCUT2D eigenvalue weighted by Crippen LogP contribution is 2.38. The molecule has 1 fully saturated rings. The molecule has 2 aromatic rings. The first-order chi connectivity index (χ1) is 10.0. The Hall–Kier alpha value is -1.39. The van der Waals surface area contributed by atoms with E-state index in [9.17, 15) is 0 Å². The van der Waals surface area contributed by atoms with Crippen molar-refractivity contribution in [1.29, 1.82) is 0 Å². The smallest absolute Gasteiger partial charge is 0.159 e. The second-order valence-electron chi connectivity index (χ2n) is 6.19. The summed E-state index contributed by atoms with van der Waals surface area (Å²) in [4.78, 5) is 4.56. The summed E-state index contributed by atoms with van der Waals surface area (Å²) in [6.45, 7) is 0.959. The number of likely N-dealkylation sites (N-methyl/N-ethyl adjacent to an activating group) is 2. The van der Waals surface area contributed by atoms with Gasteiger partial charge in [0.2, 0.25) is 0 Å². The quantitative estimate of drug-likeness (QED) is 0.868. The van der Waals surface area contributed by atoms with Crippen LogP contribution in [-0.4, -0.2) is 48.3 Å². The Balaban J connectivity index is 1.95. The fraction of sp³-hybridized carbons (Fsp3) is 0.500. The lowest BCUT2D eigenvalue weighted by Crippen LogP contribution is -2.56. The van der Waals surface area contributed by atoms with E-state index in [4.69, 9.17) is 11.6 Å². The van der Waals surface area contributed by atoms with Crippen LogP contribution in [0.1, 0.15) is 19.3 Å². The number of rotatable bonds is 4. The predicted octanol–water partition coefficient (Wildman–Crippen LogP) is 3.20. The number of fused-ring (bicyclic) bond motifs is 1. The Kier molecular flexibility index (Phi) is 3.76. The zero-order valence-corrected chi connectivity index (χ0v) is 13.6. The first-order valence-electron chi connectivity index (χ1n) is 7.33. The maximum Gasteiger partial charge on any atom is 0.159 e. The van der Waals surface area contributed by atoms with E-state index in [-0.39, 0.29) is 5.54 Å². The van der Waals surface area contributed by atoms with E-state index >= 15 is 0 Å². The summed E-state index contributed by atoms with van der Waals surface area (Å²) < 4.78 is 0. The monoisotopic (exact) mass is 304 g/mol. The number of hydrogen-bond acceptors (Lipinski definition) is 4. The maximum atomic E-state index is 6.16. The molecule has 1 saturated carbocycles. The molecular formula is C16H21ClN4. The minimum Gasteiger partial charge on any atom is -0.356 e. The highest BCUT2D eigenvalue weighted by molar-refractivity contribution is 6.34. The van der Waals surface area contributed by atoms with Crippen molar-refractivity contribution in [2.75, 3.05) is 32.6 Å². The lowest BCUT2D eigenvalue weighted by molar-refractivity contribution is 0.0682. The Bertz CT molecular complexity index is 652. The normalized spacial score (nSPS) is 17.0. The first-order valence-corrected chi connectivity index (χ1v) is 7.71. The van der Waals surface area contributed by atoms with E-state index in [1.807, 2.05) is 18.2 Å². The SMILES string of the molecule is CN(CC1(N(C)C)CCC1)c1nnc(Cl)c2ccccc12. The molecule has 0 aliphatic heterocycles. The van der Waals surface area contributed by atoms with E-state index in [1.165, 1.54) is 19.3 Å². The zero-order chi connectivity index (χ0) is 15.0. The standard InChI is InChI=1S/C16H21ClN4/c1-20(2)16(9-6-10-16)11-21(3)15-13-8-5-4-7-12(13)14(17)18-19-15/h4-5,7-8H,6,9-11H2,1-3H3. The highest BCUT2D eigenvalue weighted by atomic mass is 35.5. The minimum atomic E-state index is 0.261. The number of benzene rings is 1. The van der Waals surface area contributed by atoms with Crippen LogP contribution < -0.4 is 4.90 Å². The minimum absolute atomic E-state index is 0.261. The van der Waals surface area contributed by atoms with Crippen molar-refractivity contribution in [1.82, 2.24) is 15.1 Å². The molecule has 1 aliphatic rings. The summed E-state index contributed by atoms with van der Waals surface area (Å²) in [6.07, 6.45) is 3.78. The molecule has 0 N–H and O–H groups in total. The van der Waals surface area contributed by atoms with Crippen LogP contribution in [0.15, 0.2) is 24.3 Å². The van der Waals surface area contributed by atoms with E-state index in [2.05, 4.69) is 47.2 Å². The van der Waals surface area contributed by atoms with E-state index < -0.39 is 0 Å². The lowest BCUT2D eigenvalue weighted by Gasteiger charge is -2.49. The number of aromatic nitrogens is 2. The third-order valence-corrected chi connectivity index (χ3v) is 5.03. The molecular weight excluding hydrogens is 284 g/mol. The van der Waals surface area contributed by atoms with Gasteiger partial charge in [0, 0.05) is 29.9 Å². The van der Waals surface area contributed by atoms with Crippen LogP contribution in [0.4, 0.5) is 5.82 Å².